The molecule has 0 radical (unpaired) electrons. The van der Waals surface area contributed by atoms with Gasteiger partial charge in [0, 0.05) is 43.4 Å². The van der Waals surface area contributed by atoms with Crippen LogP contribution in [0.25, 0.3) is 11.3 Å². The number of nitrogens with zero attached hydrogens (tertiary/aromatic N) is 3. The van der Waals surface area contributed by atoms with E-state index in [4.69, 9.17) is 14.5 Å². The Labute approximate surface area is 210 Å². The maximum absolute atomic E-state index is 13.1. The van der Waals surface area contributed by atoms with E-state index < -0.39 is 11.7 Å². The van der Waals surface area contributed by atoms with E-state index in [9.17, 15) is 14.4 Å². The Hall–Kier alpha value is -3.01. The highest BCUT2D eigenvalue weighted by atomic mass is 32.1. The molecule has 1 N–H and O–H groups in total. The van der Waals surface area contributed by atoms with Crippen molar-refractivity contribution in [2.45, 2.75) is 58.6 Å². The van der Waals surface area contributed by atoms with E-state index in [1.54, 1.807) is 52.0 Å². The van der Waals surface area contributed by atoms with Crippen LogP contribution in [-0.2, 0) is 19.1 Å². The molecule has 0 saturated heterocycles. The van der Waals surface area contributed by atoms with Gasteiger partial charge in [-0.1, -0.05) is 0 Å². The van der Waals surface area contributed by atoms with Crippen molar-refractivity contribution in [3.8, 4) is 11.3 Å². The summed E-state index contributed by atoms with van der Waals surface area (Å²) in [6.45, 7) is 7.84. The van der Waals surface area contributed by atoms with Crippen molar-refractivity contribution in [1.82, 2.24) is 20.2 Å². The summed E-state index contributed by atoms with van der Waals surface area (Å²) in [5, 5.41) is 5.43. The predicted molar refractivity (Wildman–Crippen MR) is 133 cm³/mol. The molecule has 0 bridgehead atoms. The first-order chi connectivity index (χ1) is 16.6. The Morgan fingerprint density at radius 1 is 1.26 bits per heavy atom. The molecule has 2 aromatic rings. The minimum atomic E-state index is -0.574. The van der Waals surface area contributed by atoms with Gasteiger partial charge in [0.15, 0.2) is 0 Å². The molecule has 1 fully saturated rings. The van der Waals surface area contributed by atoms with Crippen molar-refractivity contribution in [3.63, 3.8) is 0 Å². The minimum absolute atomic E-state index is 0.0423. The summed E-state index contributed by atoms with van der Waals surface area (Å²) in [5.74, 6) is -0.580. The fourth-order valence-corrected chi connectivity index (χ4v) is 4.92. The van der Waals surface area contributed by atoms with Crippen LogP contribution in [-0.4, -0.2) is 58.6 Å². The third kappa shape index (κ3) is 7.48. The molecule has 0 spiro atoms. The maximum Gasteiger partial charge on any atom is 0.407 e. The summed E-state index contributed by atoms with van der Waals surface area (Å²) in [6, 6.07) is 3.45. The second kappa shape index (κ2) is 11.6. The van der Waals surface area contributed by atoms with Gasteiger partial charge in [0.1, 0.15) is 10.6 Å². The second-order valence-electron chi connectivity index (χ2n) is 9.55. The smallest absolute Gasteiger partial charge is 0.407 e. The minimum Gasteiger partial charge on any atom is -0.466 e. The van der Waals surface area contributed by atoms with Crippen LogP contribution in [0.5, 0.6) is 0 Å². The largest absolute Gasteiger partial charge is 0.466 e. The van der Waals surface area contributed by atoms with Gasteiger partial charge >= 0.3 is 12.1 Å². The highest BCUT2D eigenvalue weighted by Gasteiger charge is 2.52. The lowest BCUT2D eigenvalue weighted by atomic mass is 10.1. The summed E-state index contributed by atoms with van der Waals surface area (Å²) < 4.78 is 10.4. The molecule has 1 saturated carbocycles. The number of hydrogen-bond acceptors (Lipinski definition) is 8. The quantitative estimate of drug-likeness (QED) is 0.383. The standard InChI is InChI=1S/C25H34N4O5S/c1-6-33-23(31)18-14-17(18)21(22-28-19(15-35-22)16-9-12-26-13-10-16)29(5)20(30)8-7-11-27-24(32)34-25(2,3)4/h9-10,12-13,15,17-18,21H,6-8,11,14H2,1-5H3,(H,27,32). The molecule has 2 heterocycles. The van der Waals surface area contributed by atoms with Gasteiger partial charge in [-0.3, -0.25) is 14.6 Å². The number of rotatable bonds is 10. The zero-order valence-electron chi connectivity index (χ0n) is 20.9. The molecule has 1 aliphatic rings. The summed E-state index contributed by atoms with van der Waals surface area (Å²) in [4.78, 5) is 47.8. The van der Waals surface area contributed by atoms with Crippen LogP contribution < -0.4 is 5.32 Å². The molecule has 9 nitrogen and oxygen atoms in total. The lowest BCUT2D eigenvalue weighted by Gasteiger charge is -2.27. The van der Waals surface area contributed by atoms with Crippen molar-refractivity contribution < 1.29 is 23.9 Å². The third-order valence-corrected chi connectivity index (χ3v) is 6.55. The first-order valence-electron chi connectivity index (χ1n) is 11.9. The van der Waals surface area contributed by atoms with E-state index in [-0.39, 0.29) is 36.2 Å². The number of carbonyl (C=O) groups is 3. The first-order valence-corrected chi connectivity index (χ1v) is 12.7. The number of aromatic nitrogens is 2. The molecule has 3 unspecified atom stereocenters. The van der Waals surface area contributed by atoms with Crippen molar-refractivity contribution in [2.75, 3.05) is 20.2 Å². The molecule has 3 atom stereocenters. The van der Waals surface area contributed by atoms with Gasteiger partial charge in [-0.05, 0) is 58.6 Å². The van der Waals surface area contributed by atoms with Crippen LogP contribution in [0.3, 0.4) is 0 Å². The number of alkyl carbamates (subject to hydrolysis) is 1. The van der Waals surface area contributed by atoms with Crippen molar-refractivity contribution >= 4 is 29.3 Å². The SMILES string of the molecule is CCOC(=O)C1CC1C(c1nc(-c2ccncc2)cs1)N(C)C(=O)CCCNC(=O)OC(C)(C)C. The molecule has 1 aliphatic carbocycles. The van der Waals surface area contributed by atoms with E-state index >= 15 is 0 Å². The Balaban J connectivity index is 1.66. The van der Waals surface area contributed by atoms with Gasteiger partial charge in [0.05, 0.1) is 24.3 Å². The number of amides is 2. The summed E-state index contributed by atoms with van der Waals surface area (Å²) in [6.07, 6.45) is 4.31. The first kappa shape index (κ1) is 26.6. The van der Waals surface area contributed by atoms with Gasteiger partial charge in [-0.2, -0.15) is 0 Å². The van der Waals surface area contributed by atoms with E-state index in [0.29, 0.717) is 26.0 Å². The number of ether oxygens (including phenoxy) is 2. The molecule has 2 aromatic heterocycles. The topological polar surface area (TPSA) is 111 Å². The molecule has 3 rings (SSSR count). The number of hydrogen-bond donors (Lipinski definition) is 1. The van der Waals surface area contributed by atoms with E-state index in [0.717, 1.165) is 16.3 Å². The summed E-state index contributed by atoms with van der Waals surface area (Å²) in [7, 11) is 1.75. The average molecular weight is 503 g/mol. The number of thiazole rings is 1. The molecule has 190 valence electrons. The Kier molecular flexibility index (Phi) is 8.82. The Bertz CT molecular complexity index is 1020. The van der Waals surface area contributed by atoms with E-state index in [1.807, 2.05) is 17.5 Å². The van der Waals surface area contributed by atoms with Crippen molar-refractivity contribution in [3.05, 3.63) is 34.9 Å². The monoisotopic (exact) mass is 502 g/mol. The highest BCUT2D eigenvalue weighted by molar-refractivity contribution is 7.10. The maximum atomic E-state index is 13.1. The van der Waals surface area contributed by atoms with Gasteiger partial charge in [0.25, 0.3) is 0 Å². The normalized spacial score (nSPS) is 17.9. The second-order valence-corrected chi connectivity index (χ2v) is 10.4. The van der Waals surface area contributed by atoms with Crippen LogP contribution in [0.1, 0.15) is 58.0 Å². The van der Waals surface area contributed by atoms with E-state index in [2.05, 4.69) is 10.3 Å². The zero-order chi connectivity index (χ0) is 25.6. The van der Waals surface area contributed by atoms with Crippen molar-refractivity contribution in [2.24, 2.45) is 11.8 Å². The van der Waals surface area contributed by atoms with Crippen LogP contribution >= 0.6 is 11.3 Å². The molecule has 10 heteroatoms. The van der Waals surface area contributed by atoms with Gasteiger partial charge < -0.3 is 19.7 Å². The third-order valence-electron chi connectivity index (χ3n) is 5.63. The van der Waals surface area contributed by atoms with E-state index in [1.165, 1.54) is 11.3 Å². The lowest BCUT2D eigenvalue weighted by molar-refractivity contribution is -0.145. The van der Waals surface area contributed by atoms with Crippen LogP contribution in [0.15, 0.2) is 29.9 Å². The van der Waals surface area contributed by atoms with Gasteiger partial charge in [-0.25, -0.2) is 9.78 Å². The highest BCUT2D eigenvalue weighted by Crippen LogP contribution is 2.51. The van der Waals surface area contributed by atoms with Gasteiger partial charge in [0.2, 0.25) is 5.91 Å². The molecular weight excluding hydrogens is 468 g/mol. The zero-order valence-corrected chi connectivity index (χ0v) is 21.8. The average Bonchev–Trinajstić information content (AvgIpc) is 3.43. The number of pyridine rings is 1. The van der Waals surface area contributed by atoms with Gasteiger partial charge in [-0.15, -0.1) is 11.3 Å². The lowest BCUT2D eigenvalue weighted by Crippen LogP contribution is -2.35. The van der Waals surface area contributed by atoms with Crippen LogP contribution in [0.4, 0.5) is 4.79 Å². The Morgan fingerprint density at radius 3 is 2.63 bits per heavy atom. The molecule has 0 aromatic carbocycles. The number of esters is 1. The molecule has 0 aliphatic heterocycles. The van der Waals surface area contributed by atoms with Crippen molar-refractivity contribution in [1.29, 1.82) is 0 Å². The van der Waals surface area contributed by atoms with Crippen LogP contribution in [0.2, 0.25) is 0 Å². The summed E-state index contributed by atoms with van der Waals surface area (Å²) >= 11 is 1.48. The molecular formula is C25H34N4O5S. The fraction of sp³-hybridized carbons (Fsp3) is 0.560. The van der Waals surface area contributed by atoms with Crippen LogP contribution in [0, 0.1) is 11.8 Å². The Morgan fingerprint density at radius 2 is 1.97 bits per heavy atom. The molecule has 2 amide bonds. The number of carbonyl (C=O) groups excluding carboxylic acids is 3. The summed E-state index contributed by atoms with van der Waals surface area (Å²) in [5.41, 5.74) is 1.19. The molecule has 35 heavy (non-hydrogen) atoms. The fourth-order valence-electron chi connectivity index (χ4n) is 3.87. The predicted octanol–water partition coefficient (Wildman–Crippen LogP) is 4.21. The number of nitrogens with one attached hydrogen (secondary N) is 1.